The summed E-state index contributed by atoms with van der Waals surface area (Å²) in [6, 6.07) is 7.59. The number of thiophene rings is 1. The highest BCUT2D eigenvalue weighted by Gasteiger charge is 2.06. The Morgan fingerprint density at radius 1 is 1.22 bits per heavy atom. The van der Waals surface area contributed by atoms with E-state index < -0.39 is 0 Å². The third-order valence-electron chi connectivity index (χ3n) is 2.86. The van der Waals surface area contributed by atoms with Crippen LogP contribution in [0.1, 0.15) is 23.8 Å². The first-order valence-electron chi connectivity index (χ1n) is 6.25. The van der Waals surface area contributed by atoms with Gasteiger partial charge in [-0.15, -0.1) is 11.3 Å². The number of rotatable bonds is 5. The number of hydrogen-bond acceptors (Lipinski definition) is 2. The van der Waals surface area contributed by atoms with Crippen LogP contribution in [0.3, 0.4) is 0 Å². The first-order valence-corrected chi connectivity index (χ1v) is 7.13. The molecule has 0 saturated heterocycles. The van der Waals surface area contributed by atoms with Gasteiger partial charge in [0, 0.05) is 17.0 Å². The molecule has 1 aromatic heterocycles. The van der Waals surface area contributed by atoms with Crippen molar-refractivity contribution >= 4 is 11.3 Å². The number of hydrogen-bond donors (Lipinski definition) is 1. The smallest absolute Gasteiger partial charge is 0.128 e. The highest BCUT2D eigenvalue weighted by atomic mass is 32.1. The van der Waals surface area contributed by atoms with E-state index in [0.717, 1.165) is 29.7 Å². The predicted octanol–water partition coefficient (Wildman–Crippen LogP) is 4.36. The van der Waals surface area contributed by atoms with Crippen molar-refractivity contribution in [1.29, 1.82) is 0 Å². The van der Waals surface area contributed by atoms with E-state index in [9.17, 15) is 4.39 Å². The summed E-state index contributed by atoms with van der Waals surface area (Å²) in [6.45, 7) is 5.69. The number of benzene rings is 1. The van der Waals surface area contributed by atoms with Gasteiger partial charge in [0.05, 0.1) is 0 Å². The van der Waals surface area contributed by atoms with E-state index in [1.54, 1.807) is 17.4 Å². The maximum absolute atomic E-state index is 13.9. The molecule has 0 spiro atoms. The summed E-state index contributed by atoms with van der Waals surface area (Å²) in [6.07, 6.45) is 1.06. The lowest BCUT2D eigenvalue weighted by Gasteiger charge is -2.06. The average Bonchev–Trinajstić information content (AvgIpc) is 2.78. The van der Waals surface area contributed by atoms with E-state index in [4.69, 9.17) is 0 Å². The van der Waals surface area contributed by atoms with Crippen molar-refractivity contribution in [3.63, 3.8) is 0 Å². The zero-order valence-corrected chi connectivity index (χ0v) is 11.6. The van der Waals surface area contributed by atoms with E-state index in [1.807, 2.05) is 12.1 Å². The zero-order chi connectivity index (χ0) is 13.0. The second-order valence-corrected chi connectivity index (χ2v) is 5.54. The van der Waals surface area contributed by atoms with Gasteiger partial charge in [-0.25, -0.2) is 4.39 Å². The van der Waals surface area contributed by atoms with Crippen LogP contribution in [0.5, 0.6) is 0 Å². The molecule has 0 atom stereocenters. The minimum absolute atomic E-state index is 0.125. The fourth-order valence-electron chi connectivity index (χ4n) is 1.86. The van der Waals surface area contributed by atoms with Crippen LogP contribution in [-0.4, -0.2) is 6.54 Å². The van der Waals surface area contributed by atoms with Crippen LogP contribution in [-0.2, 0) is 6.54 Å². The lowest BCUT2D eigenvalue weighted by atomic mass is 10.1. The second kappa shape index (κ2) is 6.12. The van der Waals surface area contributed by atoms with Gasteiger partial charge in [-0.05, 0) is 48.5 Å². The van der Waals surface area contributed by atoms with Crippen molar-refractivity contribution in [1.82, 2.24) is 5.32 Å². The third-order valence-corrected chi connectivity index (χ3v) is 3.72. The third kappa shape index (κ3) is 3.18. The van der Waals surface area contributed by atoms with Gasteiger partial charge in [0.2, 0.25) is 0 Å². The van der Waals surface area contributed by atoms with Crippen molar-refractivity contribution in [2.24, 2.45) is 0 Å². The summed E-state index contributed by atoms with van der Waals surface area (Å²) in [5.74, 6) is -0.125. The van der Waals surface area contributed by atoms with Gasteiger partial charge in [-0.2, -0.15) is 0 Å². The van der Waals surface area contributed by atoms with E-state index >= 15 is 0 Å². The van der Waals surface area contributed by atoms with E-state index in [-0.39, 0.29) is 5.82 Å². The van der Waals surface area contributed by atoms with Gasteiger partial charge in [0.25, 0.3) is 0 Å². The Labute approximate surface area is 112 Å². The summed E-state index contributed by atoms with van der Waals surface area (Å²) in [5.41, 5.74) is 2.79. The van der Waals surface area contributed by atoms with Crippen LogP contribution in [0.25, 0.3) is 11.1 Å². The van der Waals surface area contributed by atoms with Crippen molar-refractivity contribution in [2.75, 3.05) is 6.54 Å². The Morgan fingerprint density at radius 2 is 2.06 bits per heavy atom. The minimum Gasteiger partial charge on any atom is -0.313 e. The lowest BCUT2D eigenvalue weighted by molar-refractivity contribution is 0.587. The second-order valence-electron chi connectivity index (χ2n) is 4.43. The molecule has 2 aromatic rings. The highest BCUT2D eigenvalue weighted by molar-refractivity contribution is 7.10. The number of aryl methyl sites for hydroxylation is 1. The normalized spacial score (nSPS) is 10.8. The number of halogens is 1. The van der Waals surface area contributed by atoms with Gasteiger partial charge in [-0.1, -0.05) is 19.1 Å². The molecule has 1 N–H and O–H groups in total. The molecule has 1 heterocycles. The summed E-state index contributed by atoms with van der Waals surface area (Å²) in [7, 11) is 0. The van der Waals surface area contributed by atoms with Crippen LogP contribution in [0.4, 0.5) is 4.39 Å². The summed E-state index contributed by atoms with van der Waals surface area (Å²) >= 11 is 1.69. The Kier molecular flexibility index (Phi) is 4.50. The van der Waals surface area contributed by atoms with E-state index in [2.05, 4.69) is 30.6 Å². The Morgan fingerprint density at radius 3 is 2.67 bits per heavy atom. The van der Waals surface area contributed by atoms with E-state index in [0.29, 0.717) is 6.54 Å². The zero-order valence-electron chi connectivity index (χ0n) is 10.8. The molecule has 0 bridgehead atoms. The number of nitrogens with one attached hydrogen (secondary N) is 1. The monoisotopic (exact) mass is 263 g/mol. The minimum atomic E-state index is -0.125. The van der Waals surface area contributed by atoms with Gasteiger partial charge in [0.15, 0.2) is 0 Å². The van der Waals surface area contributed by atoms with Gasteiger partial charge < -0.3 is 5.32 Å². The van der Waals surface area contributed by atoms with Crippen molar-refractivity contribution in [3.05, 3.63) is 45.9 Å². The molecule has 18 heavy (non-hydrogen) atoms. The quantitative estimate of drug-likeness (QED) is 0.790. The topological polar surface area (TPSA) is 12.0 Å². The SMILES string of the molecule is CCCNCc1ccc(-c2csc(C)c2)cc1F. The van der Waals surface area contributed by atoms with Crippen molar-refractivity contribution < 1.29 is 4.39 Å². The Hall–Kier alpha value is -1.19. The maximum Gasteiger partial charge on any atom is 0.128 e. The summed E-state index contributed by atoms with van der Waals surface area (Å²) in [5, 5.41) is 5.29. The molecule has 1 aromatic carbocycles. The average molecular weight is 263 g/mol. The van der Waals surface area contributed by atoms with Crippen LogP contribution < -0.4 is 5.32 Å². The van der Waals surface area contributed by atoms with Crippen LogP contribution in [0.15, 0.2) is 29.6 Å². The van der Waals surface area contributed by atoms with Gasteiger partial charge >= 0.3 is 0 Å². The molecule has 0 aliphatic rings. The van der Waals surface area contributed by atoms with Crippen molar-refractivity contribution in [2.45, 2.75) is 26.8 Å². The maximum atomic E-state index is 13.9. The molecule has 0 fully saturated rings. The molecule has 0 saturated carbocycles. The first kappa shape index (κ1) is 13.2. The molecule has 0 radical (unpaired) electrons. The van der Waals surface area contributed by atoms with Crippen LogP contribution >= 0.6 is 11.3 Å². The highest BCUT2D eigenvalue weighted by Crippen LogP contribution is 2.26. The standard InChI is InChI=1S/C15H18FNS/c1-3-6-17-9-13-5-4-12(8-15(13)16)14-7-11(2)18-10-14/h4-5,7-8,10,17H,3,6,9H2,1-2H3. The first-order chi connectivity index (χ1) is 8.70. The fraction of sp³-hybridized carbons (Fsp3) is 0.333. The molecule has 0 aliphatic carbocycles. The molecule has 96 valence electrons. The largest absolute Gasteiger partial charge is 0.313 e. The molecule has 0 amide bonds. The van der Waals surface area contributed by atoms with Crippen LogP contribution in [0, 0.1) is 12.7 Å². The molecule has 0 unspecified atom stereocenters. The van der Waals surface area contributed by atoms with Gasteiger partial charge in [0.1, 0.15) is 5.82 Å². The Bertz CT molecular complexity index is 519. The molecule has 0 aliphatic heterocycles. The molecular weight excluding hydrogens is 245 g/mol. The van der Waals surface area contributed by atoms with E-state index in [1.165, 1.54) is 4.88 Å². The molecule has 1 nitrogen and oxygen atoms in total. The molecule has 3 heteroatoms. The molecular formula is C15H18FNS. The summed E-state index contributed by atoms with van der Waals surface area (Å²) in [4.78, 5) is 1.25. The lowest BCUT2D eigenvalue weighted by Crippen LogP contribution is -2.14. The Balaban J connectivity index is 2.14. The summed E-state index contributed by atoms with van der Waals surface area (Å²) < 4.78 is 13.9. The molecule has 2 rings (SSSR count). The van der Waals surface area contributed by atoms with Crippen LogP contribution in [0.2, 0.25) is 0 Å². The predicted molar refractivity (Wildman–Crippen MR) is 76.4 cm³/mol. The van der Waals surface area contributed by atoms with Crippen molar-refractivity contribution in [3.8, 4) is 11.1 Å². The fourth-order valence-corrected chi connectivity index (χ4v) is 2.58. The van der Waals surface area contributed by atoms with Gasteiger partial charge in [-0.3, -0.25) is 0 Å².